The fourth-order valence-electron chi connectivity index (χ4n) is 2.31. The van der Waals surface area contributed by atoms with Gasteiger partial charge in [0.05, 0.1) is 11.7 Å². The lowest BCUT2D eigenvalue weighted by Gasteiger charge is -2.39. The van der Waals surface area contributed by atoms with Crippen molar-refractivity contribution >= 4 is 0 Å². The summed E-state index contributed by atoms with van der Waals surface area (Å²) in [6, 6.07) is 0. The van der Waals surface area contributed by atoms with Crippen molar-refractivity contribution in [2.45, 2.75) is 56.7 Å². The molecule has 0 radical (unpaired) electrons. The first-order valence-corrected chi connectivity index (χ1v) is 5.42. The summed E-state index contributed by atoms with van der Waals surface area (Å²) in [6.45, 7) is 0. The highest BCUT2D eigenvalue weighted by Gasteiger charge is 2.38. The first kappa shape index (κ1) is 11.6. The normalized spacial score (nSPS) is 22.6. The molecule has 1 atom stereocenters. The molecule has 0 saturated heterocycles. The van der Waals surface area contributed by atoms with Gasteiger partial charge in [-0.2, -0.15) is 0 Å². The first-order valence-electron chi connectivity index (χ1n) is 5.42. The molecule has 0 spiro atoms. The Bertz CT molecular complexity index is 199. The van der Waals surface area contributed by atoms with Crippen LogP contribution in [0.25, 0.3) is 0 Å². The van der Waals surface area contributed by atoms with Crippen LogP contribution in [0.5, 0.6) is 0 Å². The van der Waals surface area contributed by atoms with E-state index in [0.29, 0.717) is 12.8 Å². The highest BCUT2D eigenvalue weighted by molar-refractivity contribution is 4.94. The Hall–Kier alpha value is -0.520. The molecule has 0 aromatic heterocycles. The maximum atomic E-state index is 10.0. The number of rotatable bonds is 4. The third-order valence-corrected chi connectivity index (χ3v) is 3.28. The van der Waals surface area contributed by atoms with Gasteiger partial charge in [-0.1, -0.05) is 19.3 Å². The lowest BCUT2D eigenvalue weighted by Crippen LogP contribution is -2.45. The molecule has 0 amide bonds. The Labute approximate surface area is 86.7 Å². The minimum atomic E-state index is -0.399. The predicted octanol–water partition coefficient (Wildman–Crippen LogP) is 2.11. The van der Waals surface area contributed by atoms with Crippen LogP contribution >= 0.6 is 0 Å². The van der Waals surface area contributed by atoms with Gasteiger partial charge >= 0.3 is 0 Å². The summed E-state index contributed by atoms with van der Waals surface area (Å²) in [7, 11) is 1.70. The lowest BCUT2D eigenvalue weighted by atomic mass is 9.79. The molecule has 14 heavy (non-hydrogen) atoms. The molecule has 80 valence electrons. The van der Waals surface area contributed by atoms with Crippen molar-refractivity contribution < 1.29 is 9.84 Å². The maximum absolute atomic E-state index is 10.0. The molecular formula is C12H20O2. The molecule has 1 unspecified atom stereocenters. The third-order valence-electron chi connectivity index (χ3n) is 3.28. The molecule has 1 aliphatic rings. The Morgan fingerprint density at radius 1 is 1.43 bits per heavy atom. The van der Waals surface area contributed by atoms with Gasteiger partial charge in [0, 0.05) is 13.5 Å². The average Bonchev–Trinajstić information content (AvgIpc) is 2.26. The zero-order valence-corrected chi connectivity index (χ0v) is 8.96. The summed E-state index contributed by atoms with van der Waals surface area (Å²) in [4.78, 5) is 0. The molecule has 1 aliphatic carbocycles. The van der Waals surface area contributed by atoms with E-state index in [1.807, 2.05) is 0 Å². The maximum Gasteiger partial charge on any atom is 0.0936 e. The number of terminal acetylenes is 1. The molecular weight excluding hydrogens is 176 g/mol. The average molecular weight is 196 g/mol. The van der Waals surface area contributed by atoms with Crippen LogP contribution in [0.3, 0.4) is 0 Å². The van der Waals surface area contributed by atoms with Gasteiger partial charge < -0.3 is 9.84 Å². The molecule has 1 rings (SSSR count). The summed E-state index contributed by atoms with van der Waals surface area (Å²) in [6.07, 6.45) is 11.6. The fourth-order valence-corrected chi connectivity index (χ4v) is 2.31. The van der Waals surface area contributed by atoms with Crippen LogP contribution < -0.4 is 0 Å². The zero-order valence-electron chi connectivity index (χ0n) is 8.96. The number of hydrogen-bond donors (Lipinski definition) is 1. The highest BCUT2D eigenvalue weighted by Crippen LogP contribution is 2.35. The van der Waals surface area contributed by atoms with Gasteiger partial charge in [-0.05, 0) is 19.3 Å². The van der Waals surface area contributed by atoms with E-state index in [-0.39, 0.29) is 5.60 Å². The second kappa shape index (κ2) is 5.38. The summed E-state index contributed by atoms with van der Waals surface area (Å²) >= 11 is 0. The smallest absolute Gasteiger partial charge is 0.0936 e. The van der Waals surface area contributed by atoms with Crippen LogP contribution in [0.4, 0.5) is 0 Å². The van der Waals surface area contributed by atoms with E-state index < -0.39 is 6.10 Å². The van der Waals surface area contributed by atoms with Gasteiger partial charge in [0.2, 0.25) is 0 Å². The molecule has 2 heteroatoms. The Kier molecular flexibility index (Phi) is 4.44. The number of ether oxygens (including phenoxy) is 1. The van der Waals surface area contributed by atoms with Crippen molar-refractivity contribution in [3.05, 3.63) is 0 Å². The molecule has 0 heterocycles. The van der Waals surface area contributed by atoms with E-state index in [4.69, 9.17) is 11.2 Å². The van der Waals surface area contributed by atoms with E-state index >= 15 is 0 Å². The van der Waals surface area contributed by atoms with Crippen molar-refractivity contribution in [1.82, 2.24) is 0 Å². The van der Waals surface area contributed by atoms with Crippen molar-refractivity contribution in [3.8, 4) is 12.3 Å². The Morgan fingerprint density at radius 3 is 2.57 bits per heavy atom. The van der Waals surface area contributed by atoms with Crippen LogP contribution in [0.15, 0.2) is 0 Å². The second-order valence-electron chi connectivity index (χ2n) is 4.09. The molecule has 0 bridgehead atoms. The number of hydrogen-bond acceptors (Lipinski definition) is 2. The number of methoxy groups -OCH3 is 1. The van der Waals surface area contributed by atoms with E-state index in [1.54, 1.807) is 7.11 Å². The van der Waals surface area contributed by atoms with E-state index in [9.17, 15) is 5.11 Å². The van der Waals surface area contributed by atoms with Gasteiger partial charge in [-0.3, -0.25) is 0 Å². The van der Waals surface area contributed by atoms with Gasteiger partial charge in [-0.15, -0.1) is 12.3 Å². The zero-order chi connectivity index (χ0) is 10.4. The first-order chi connectivity index (χ1) is 6.75. The minimum Gasteiger partial charge on any atom is -0.390 e. The monoisotopic (exact) mass is 196 g/mol. The minimum absolute atomic E-state index is 0.310. The second-order valence-corrected chi connectivity index (χ2v) is 4.09. The van der Waals surface area contributed by atoms with Gasteiger partial charge in [-0.25, -0.2) is 0 Å². The molecule has 1 N–H and O–H groups in total. The molecule has 1 saturated carbocycles. The van der Waals surface area contributed by atoms with Gasteiger partial charge in [0.1, 0.15) is 0 Å². The predicted molar refractivity (Wildman–Crippen MR) is 56.9 cm³/mol. The molecule has 0 aliphatic heterocycles. The summed E-state index contributed by atoms with van der Waals surface area (Å²) < 4.78 is 5.52. The van der Waals surface area contributed by atoms with Crippen LogP contribution in [-0.2, 0) is 4.74 Å². The summed E-state index contributed by atoms with van der Waals surface area (Å²) in [5.41, 5.74) is -0.310. The van der Waals surface area contributed by atoms with Gasteiger partial charge in [0.25, 0.3) is 0 Å². The molecule has 0 aromatic rings. The topological polar surface area (TPSA) is 29.5 Å². The SMILES string of the molecule is C#CCCC(O)C1(OC)CCCCC1. The number of aliphatic hydroxyl groups is 1. The van der Waals surface area contributed by atoms with E-state index in [0.717, 1.165) is 25.7 Å². The fraction of sp³-hybridized carbons (Fsp3) is 0.833. The Morgan fingerprint density at radius 2 is 2.07 bits per heavy atom. The van der Waals surface area contributed by atoms with Crippen molar-refractivity contribution in [1.29, 1.82) is 0 Å². The lowest BCUT2D eigenvalue weighted by molar-refractivity contribution is -0.124. The third kappa shape index (κ3) is 2.50. The standard InChI is InChI=1S/C12H20O2/c1-3-4-8-11(13)12(14-2)9-6-5-7-10-12/h1,11,13H,4-10H2,2H3. The highest BCUT2D eigenvalue weighted by atomic mass is 16.5. The largest absolute Gasteiger partial charge is 0.390 e. The molecule has 2 nitrogen and oxygen atoms in total. The summed E-state index contributed by atoms with van der Waals surface area (Å²) in [5.74, 6) is 2.56. The van der Waals surface area contributed by atoms with Crippen molar-refractivity contribution in [3.63, 3.8) is 0 Å². The van der Waals surface area contributed by atoms with E-state index in [2.05, 4.69) is 5.92 Å². The van der Waals surface area contributed by atoms with Crippen molar-refractivity contribution in [2.24, 2.45) is 0 Å². The van der Waals surface area contributed by atoms with Crippen molar-refractivity contribution in [2.75, 3.05) is 7.11 Å². The number of aliphatic hydroxyl groups excluding tert-OH is 1. The van der Waals surface area contributed by atoms with Gasteiger partial charge in [0.15, 0.2) is 0 Å². The van der Waals surface area contributed by atoms with Crippen LogP contribution in [0, 0.1) is 12.3 Å². The van der Waals surface area contributed by atoms with Crippen LogP contribution in [-0.4, -0.2) is 23.9 Å². The van der Waals surface area contributed by atoms with Crippen LogP contribution in [0.1, 0.15) is 44.9 Å². The molecule has 0 aromatic carbocycles. The van der Waals surface area contributed by atoms with E-state index in [1.165, 1.54) is 6.42 Å². The Balaban J connectivity index is 2.53. The summed E-state index contributed by atoms with van der Waals surface area (Å²) in [5, 5.41) is 10.0. The van der Waals surface area contributed by atoms with Crippen LogP contribution in [0.2, 0.25) is 0 Å². The quantitative estimate of drug-likeness (QED) is 0.698. The molecule has 1 fully saturated rings.